The number of anilines is 1. The fourth-order valence-corrected chi connectivity index (χ4v) is 2.94. The monoisotopic (exact) mass is 276 g/mol. The summed E-state index contributed by atoms with van der Waals surface area (Å²) < 4.78 is 20.0. The van der Waals surface area contributed by atoms with Crippen molar-refractivity contribution in [1.29, 1.82) is 0 Å². The quantitative estimate of drug-likeness (QED) is 0.782. The molecule has 0 radical (unpaired) electrons. The van der Waals surface area contributed by atoms with Crippen LogP contribution in [0.3, 0.4) is 0 Å². The summed E-state index contributed by atoms with van der Waals surface area (Å²) in [6.45, 7) is 4.59. The van der Waals surface area contributed by atoms with Crippen molar-refractivity contribution in [2.45, 2.75) is 20.4 Å². The molecule has 4 nitrogen and oxygen atoms in total. The Kier molecular flexibility index (Phi) is 2.74. The second kappa shape index (κ2) is 4.31. The van der Waals surface area contributed by atoms with Crippen molar-refractivity contribution in [1.82, 2.24) is 13.9 Å². The minimum atomic E-state index is -0.314. The van der Waals surface area contributed by atoms with Gasteiger partial charge in [-0.3, -0.25) is 0 Å². The van der Waals surface area contributed by atoms with Crippen LogP contribution in [0.2, 0.25) is 0 Å². The second-order valence-corrected chi connectivity index (χ2v) is 5.10. The summed E-state index contributed by atoms with van der Waals surface area (Å²) >= 11 is 1.24. The molecule has 0 aliphatic rings. The number of benzene rings is 1. The molecule has 0 saturated heterocycles. The number of aromatic nitrogens is 3. The van der Waals surface area contributed by atoms with Crippen molar-refractivity contribution in [2.24, 2.45) is 0 Å². The number of aryl methyl sites for hydroxylation is 2. The van der Waals surface area contributed by atoms with Crippen LogP contribution in [0, 0.1) is 12.7 Å². The molecule has 3 aromatic rings. The van der Waals surface area contributed by atoms with Gasteiger partial charge in [0.1, 0.15) is 16.3 Å². The Morgan fingerprint density at radius 1 is 1.42 bits per heavy atom. The van der Waals surface area contributed by atoms with E-state index in [1.54, 1.807) is 6.07 Å². The number of para-hydroxylation sites is 1. The van der Waals surface area contributed by atoms with Crippen LogP contribution in [-0.2, 0) is 6.54 Å². The molecular formula is C13H13FN4S. The number of fused-ring (bicyclic) bond motifs is 1. The molecule has 19 heavy (non-hydrogen) atoms. The fraction of sp³-hybridized carbons (Fsp3) is 0.231. The summed E-state index contributed by atoms with van der Waals surface area (Å²) in [4.78, 5) is 4.42. The van der Waals surface area contributed by atoms with Crippen molar-refractivity contribution in [3.05, 3.63) is 29.7 Å². The fourth-order valence-electron chi connectivity index (χ4n) is 2.28. The summed E-state index contributed by atoms with van der Waals surface area (Å²) in [6, 6.07) is 4.97. The van der Waals surface area contributed by atoms with Crippen molar-refractivity contribution >= 4 is 27.6 Å². The average molecular weight is 276 g/mol. The second-order valence-electron chi connectivity index (χ2n) is 4.29. The van der Waals surface area contributed by atoms with Crippen LogP contribution in [0.1, 0.15) is 12.6 Å². The maximum absolute atomic E-state index is 13.8. The smallest absolute Gasteiger partial charge is 0.151 e. The predicted octanol–water partition coefficient (Wildman–Crippen LogP) is 3.21. The Labute approximate surface area is 113 Å². The van der Waals surface area contributed by atoms with E-state index in [1.165, 1.54) is 17.6 Å². The first-order valence-corrected chi connectivity index (χ1v) is 6.77. The zero-order chi connectivity index (χ0) is 13.6. The highest BCUT2D eigenvalue weighted by Gasteiger charge is 2.19. The van der Waals surface area contributed by atoms with E-state index >= 15 is 0 Å². The normalized spacial score (nSPS) is 11.3. The van der Waals surface area contributed by atoms with E-state index in [-0.39, 0.29) is 5.82 Å². The topological polar surface area (TPSA) is 56.7 Å². The van der Waals surface area contributed by atoms with Gasteiger partial charge in [-0.1, -0.05) is 6.07 Å². The van der Waals surface area contributed by atoms with E-state index in [1.807, 2.05) is 24.5 Å². The molecule has 0 atom stereocenters. The van der Waals surface area contributed by atoms with Crippen LogP contribution < -0.4 is 5.73 Å². The molecule has 0 bridgehead atoms. The molecule has 0 amide bonds. The van der Waals surface area contributed by atoms with E-state index in [9.17, 15) is 4.39 Å². The van der Waals surface area contributed by atoms with Crippen LogP contribution in [-0.4, -0.2) is 13.9 Å². The Morgan fingerprint density at radius 3 is 2.84 bits per heavy atom. The van der Waals surface area contributed by atoms with Gasteiger partial charge in [-0.05, 0) is 37.5 Å². The molecule has 1 aromatic carbocycles. The Balaban J connectivity index is 2.39. The highest BCUT2D eigenvalue weighted by Crippen LogP contribution is 2.34. The molecule has 3 rings (SSSR count). The molecular weight excluding hydrogens is 263 g/mol. The van der Waals surface area contributed by atoms with Gasteiger partial charge in [-0.2, -0.15) is 4.37 Å². The number of hydrogen-bond donors (Lipinski definition) is 1. The highest BCUT2D eigenvalue weighted by atomic mass is 32.1. The van der Waals surface area contributed by atoms with Crippen LogP contribution in [0.4, 0.5) is 9.39 Å². The van der Waals surface area contributed by atoms with Crippen LogP contribution in [0.15, 0.2) is 18.2 Å². The first-order valence-electron chi connectivity index (χ1n) is 6.00. The third-order valence-corrected chi connectivity index (χ3v) is 3.92. The van der Waals surface area contributed by atoms with E-state index < -0.39 is 0 Å². The Bertz CT molecular complexity index is 740. The molecule has 98 valence electrons. The Morgan fingerprint density at radius 2 is 2.21 bits per heavy atom. The predicted molar refractivity (Wildman–Crippen MR) is 75.6 cm³/mol. The van der Waals surface area contributed by atoms with Gasteiger partial charge >= 0.3 is 0 Å². The number of nitrogens with two attached hydrogens (primary N) is 1. The lowest BCUT2D eigenvalue weighted by molar-refractivity contribution is 0.637. The molecule has 0 unspecified atom stereocenters. The van der Waals surface area contributed by atoms with Gasteiger partial charge < -0.3 is 10.3 Å². The molecule has 6 heteroatoms. The maximum Gasteiger partial charge on any atom is 0.151 e. The standard InChI is InChI=1S/C13H13FN4S/c1-3-18-9-6-4-5-8(14)11(9)16-13(18)10-7(2)17-19-12(10)15/h4-6H,3,15H2,1-2H3. The van der Waals surface area contributed by atoms with Crippen molar-refractivity contribution in [2.75, 3.05) is 5.73 Å². The number of imidazole rings is 1. The minimum absolute atomic E-state index is 0.314. The zero-order valence-corrected chi connectivity index (χ0v) is 11.5. The number of rotatable bonds is 2. The van der Waals surface area contributed by atoms with E-state index in [0.717, 1.165) is 16.8 Å². The van der Waals surface area contributed by atoms with Gasteiger partial charge in [-0.25, -0.2) is 9.37 Å². The molecule has 2 aromatic heterocycles. The number of nitrogen functional groups attached to an aromatic ring is 1. The first kappa shape index (κ1) is 12.1. The van der Waals surface area contributed by atoms with Crippen LogP contribution >= 0.6 is 11.5 Å². The lowest BCUT2D eigenvalue weighted by atomic mass is 10.2. The van der Waals surface area contributed by atoms with Crippen LogP contribution in [0.25, 0.3) is 22.4 Å². The van der Waals surface area contributed by atoms with Crippen molar-refractivity contribution in [3.63, 3.8) is 0 Å². The molecule has 0 aliphatic carbocycles. The largest absolute Gasteiger partial charge is 0.389 e. The van der Waals surface area contributed by atoms with E-state index in [4.69, 9.17) is 5.73 Å². The van der Waals surface area contributed by atoms with Gasteiger partial charge in [-0.15, -0.1) is 0 Å². The van der Waals surface area contributed by atoms with E-state index in [2.05, 4.69) is 9.36 Å². The average Bonchev–Trinajstić information content (AvgIpc) is 2.91. The Hall–Kier alpha value is -1.95. The summed E-state index contributed by atoms with van der Waals surface area (Å²) in [6.07, 6.45) is 0. The van der Waals surface area contributed by atoms with Gasteiger partial charge in [0.15, 0.2) is 5.82 Å². The third-order valence-electron chi connectivity index (χ3n) is 3.16. The van der Waals surface area contributed by atoms with Gasteiger partial charge in [0.05, 0.1) is 16.8 Å². The van der Waals surface area contributed by atoms with Crippen molar-refractivity contribution in [3.8, 4) is 11.4 Å². The number of nitrogens with zero attached hydrogens (tertiary/aromatic N) is 3. The molecule has 2 heterocycles. The summed E-state index contributed by atoms with van der Waals surface area (Å²) in [5, 5.41) is 0.614. The van der Waals surface area contributed by atoms with Gasteiger partial charge in [0.2, 0.25) is 0 Å². The maximum atomic E-state index is 13.8. The van der Waals surface area contributed by atoms with Crippen molar-refractivity contribution < 1.29 is 4.39 Å². The molecule has 0 spiro atoms. The number of hydrogen-bond acceptors (Lipinski definition) is 4. The zero-order valence-electron chi connectivity index (χ0n) is 10.6. The van der Waals surface area contributed by atoms with Crippen LogP contribution in [0.5, 0.6) is 0 Å². The highest BCUT2D eigenvalue weighted by molar-refractivity contribution is 7.10. The molecule has 0 saturated carbocycles. The molecule has 2 N–H and O–H groups in total. The van der Waals surface area contributed by atoms with Gasteiger partial charge in [0.25, 0.3) is 0 Å². The summed E-state index contributed by atoms with van der Waals surface area (Å²) in [5.41, 5.74) is 8.76. The summed E-state index contributed by atoms with van der Waals surface area (Å²) in [5.74, 6) is 0.372. The minimum Gasteiger partial charge on any atom is -0.389 e. The lowest BCUT2D eigenvalue weighted by Gasteiger charge is -2.05. The molecule has 0 fully saturated rings. The third kappa shape index (κ3) is 1.71. The lowest BCUT2D eigenvalue weighted by Crippen LogP contribution is -1.99. The SMILES string of the molecule is CCn1c(-c2c(C)nsc2N)nc2c(F)cccc21. The van der Waals surface area contributed by atoms with Gasteiger partial charge in [0, 0.05) is 6.54 Å². The van der Waals surface area contributed by atoms with E-state index in [0.29, 0.717) is 22.9 Å². The summed E-state index contributed by atoms with van der Waals surface area (Å²) in [7, 11) is 0. The first-order chi connectivity index (χ1) is 9.13. The molecule has 0 aliphatic heterocycles. The number of halogens is 1.